The van der Waals surface area contributed by atoms with E-state index in [9.17, 15) is 13.6 Å². The average molecular weight is 432 g/mol. The van der Waals surface area contributed by atoms with Crippen molar-refractivity contribution in [2.75, 3.05) is 18.5 Å². The number of ether oxygens (including phenoxy) is 2. The summed E-state index contributed by atoms with van der Waals surface area (Å²) in [4.78, 5) is 17.1. The molecule has 0 spiro atoms. The molecule has 0 bridgehead atoms. The number of amides is 1. The first kappa shape index (κ1) is 22.6. The van der Waals surface area contributed by atoms with Gasteiger partial charge in [0.25, 0.3) is 5.91 Å². The molecule has 2 heterocycles. The van der Waals surface area contributed by atoms with E-state index in [0.717, 1.165) is 6.42 Å². The number of anilines is 1. The number of nitrogens with zero attached hydrogens (tertiary/aromatic N) is 1. The standard InChI is InChI=1S/C22H26F2N4O3/c1-13(2)27-17-10-15(20(29)28-22(3)7-8-30-12-22)11-26-19(17)18(25)14-5-4-6-16(9-14)31-21(23)24/h4-6,9-11,13,21,25,27H,7-8,12H2,1-3H3,(H,28,29). The molecule has 0 aliphatic carbocycles. The highest BCUT2D eigenvalue weighted by Crippen LogP contribution is 2.24. The van der Waals surface area contributed by atoms with Crippen molar-refractivity contribution >= 4 is 17.3 Å². The summed E-state index contributed by atoms with van der Waals surface area (Å²) in [6, 6.07) is 7.55. The molecule has 1 aliphatic rings. The van der Waals surface area contributed by atoms with Crippen molar-refractivity contribution in [3.63, 3.8) is 0 Å². The third-order valence-electron chi connectivity index (χ3n) is 4.81. The van der Waals surface area contributed by atoms with Gasteiger partial charge in [0, 0.05) is 24.4 Å². The Kier molecular flexibility index (Phi) is 6.84. The molecular formula is C22H26F2N4O3. The van der Waals surface area contributed by atoms with Gasteiger partial charge < -0.3 is 20.1 Å². The maximum Gasteiger partial charge on any atom is 0.387 e. The number of nitrogens with one attached hydrogen (secondary N) is 3. The number of halogens is 2. The van der Waals surface area contributed by atoms with Crippen LogP contribution >= 0.6 is 0 Å². The quantitative estimate of drug-likeness (QED) is 0.551. The highest BCUT2D eigenvalue weighted by atomic mass is 19.3. The summed E-state index contributed by atoms with van der Waals surface area (Å²) >= 11 is 0. The molecule has 1 aromatic heterocycles. The highest BCUT2D eigenvalue weighted by molar-refractivity contribution is 6.13. The second-order valence-corrected chi connectivity index (χ2v) is 8.02. The van der Waals surface area contributed by atoms with Crippen LogP contribution in [0.1, 0.15) is 48.8 Å². The first-order chi connectivity index (χ1) is 14.7. The highest BCUT2D eigenvalue weighted by Gasteiger charge is 2.31. The molecular weight excluding hydrogens is 406 g/mol. The molecule has 1 aliphatic heterocycles. The minimum Gasteiger partial charge on any atom is -0.435 e. The van der Waals surface area contributed by atoms with Crippen LogP contribution in [0.3, 0.4) is 0 Å². The van der Waals surface area contributed by atoms with Crippen LogP contribution in [0.5, 0.6) is 5.75 Å². The summed E-state index contributed by atoms with van der Waals surface area (Å²) in [6.07, 6.45) is 2.13. The largest absolute Gasteiger partial charge is 0.435 e. The molecule has 31 heavy (non-hydrogen) atoms. The summed E-state index contributed by atoms with van der Waals surface area (Å²) < 4.78 is 34.9. The number of benzene rings is 1. The van der Waals surface area contributed by atoms with E-state index < -0.39 is 12.2 Å². The van der Waals surface area contributed by atoms with Gasteiger partial charge >= 0.3 is 6.61 Å². The molecule has 166 valence electrons. The maximum absolute atomic E-state index is 12.8. The number of hydrogen-bond donors (Lipinski definition) is 3. The van der Waals surface area contributed by atoms with Gasteiger partial charge in [-0.25, -0.2) is 0 Å². The number of carbonyl (C=O) groups excluding carboxylic acids is 1. The Hall–Kier alpha value is -3.07. The fraction of sp³-hybridized carbons (Fsp3) is 0.409. The number of aromatic nitrogens is 1. The first-order valence-electron chi connectivity index (χ1n) is 9.98. The number of carbonyl (C=O) groups is 1. The van der Waals surface area contributed by atoms with Crippen LogP contribution < -0.4 is 15.4 Å². The molecule has 1 fully saturated rings. The zero-order valence-corrected chi connectivity index (χ0v) is 17.7. The third-order valence-corrected chi connectivity index (χ3v) is 4.81. The van der Waals surface area contributed by atoms with Crippen molar-refractivity contribution in [1.29, 1.82) is 5.41 Å². The van der Waals surface area contributed by atoms with Gasteiger partial charge in [-0.3, -0.25) is 15.2 Å². The van der Waals surface area contributed by atoms with Crippen LogP contribution in [0.2, 0.25) is 0 Å². The van der Waals surface area contributed by atoms with Gasteiger partial charge in [-0.05, 0) is 45.4 Å². The predicted molar refractivity (Wildman–Crippen MR) is 113 cm³/mol. The van der Waals surface area contributed by atoms with E-state index in [4.69, 9.17) is 10.1 Å². The molecule has 0 saturated carbocycles. The first-order valence-corrected chi connectivity index (χ1v) is 9.98. The lowest BCUT2D eigenvalue weighted by atomic mass is 10.0. The lowest BCUT2D eigenvalue weighted by Crippen LogP contribution is -2.46. The Labute approximate surface area is 179 Å². The van der Waals surface area contributed by atoms with E-state index in [1.54, 1.807) is 12.1 Å². The topological polar surface area (TPSA) is 96.3 Å². The SMILES string of the molecule is CC(C)Nc1cc(C(=O)NC2(C)CCOC2)cnc1C(=N)c1cccc(OC(F)F)c1. The van der Waals surface area contributed by atoms with Gasteiger partial charge in [0.1, 0.15) is 11.4 Å². The van der Waals surface area contributed by atoms with E-state index in [1.165, 1.54) is 24.4 Å². The van der Waals surface area contributed by atoms with Crippen LogP contribution in [0, 0.1) is 5.41 Å². The Morgan fingerprint density at radius 1 is 1.29 bits per heavy atom. The molecule has 1 saturated heterocycles. The van der Waals surface area contributed by atoms with Crippen LogP contribution in [-0.2, 0) is 4.74 Å². The van der Waals surface area contributed by atoms with Crippen LogP contribution in [0.25, 0.3) is 0 Å². The summed E-state index contributed by atoms with van der Waals surface area (Å²) in [6.45, 7) is 3.87. The van der Waals surface area contributed by atoms with Crippen LogP contribution in [-0.4, -0.2) is 48.0 Å². The Balaban J connectivity index is 1.89. The lowest BCUT2D eigenvalue weighted by molar-refractivity contribution is -0.0498. The van der Waals surface area contributed by atoms with Crippen LogP contribution in [0.15, 0.2) is 36.5 Å². The Morgan fingerprint density at radius 3 is 2.71 bits per heavy atom. The van der Waals surface area contributed by atoms with Crippen molar-refractivity contribution in [2.24, 2.45) is 0 Å². The summed E-state index contributed by atoms with van der Waals surface area (Å²) in [5, 5.41) is 14.8. The predicted octanol–water partition coefficient (Wildman–Crippen LogP) is 3.83. The molecule has 2 aromatic rings. The molecule has 1 amide bonds. The van der Waals surface area contributed by atoms with E-state index >= 15 is 0 Å². The van der Waals surface area contributed by atoms with Crippen LogP contribution in [0.4, 0.5) is 14.5 Å². The molecule has 9 heteroatoms. The molecule has 3 rings (SSSR count). The van der Waals surface area contributed by atoms with Gasteiger partial charge in [-0.2, -0.15) is 8.78 Å². The monoisotopic (exact) mass is 432 g/mol. The summed E-state index contributed by atoms with van der Waals surface area (Å²) in [5.41, 5.74) is 1.11. The number of alkyl halides is 2. The van der Waals surface area contributed by atoms with Crippen molar-refractivity contribution < 1.29 is 23.0 Å². The fourth-order valence-corrected chi connectivity index (χ4v) is 3.29. The average Bonchev–Trinajstić information content (AvgIpc) is 3.12. The molecule has 3 N–H and O–H groups in total. The van der Waals surface area contributed by atoms with E-state index in [2.05, 4.69) is 20.4 Å². The van der Waals surface area contributed by atoms with Gasteiger partial charge in [0.05, 0.1) is 29.1 Å². The molecule has 0 radical (unpaired) electrons. The van der Waals surface area contributed by atoms with E-state index in [0.29, 0.717) is 35.7 Å². The van der Waals surface area contributed by atoms with Crippen molar-refractivity contribution in [3.05, 3.63) is 53.3 Å². The van der Waals surface area contributed by atoms with Gasteiger partial charge in [-0.15, -0.1) is 0 Å². The summed E-state index contributed by atoms with van der Waals surface area (Å²) in [7, 11) is 0. The number of rotatable bonds is 8. The van der Waals surface area contributed by atoms with Gasteiger partial charge in [-0.1, -0.05) is 12.1 Å². The normalized spacial score (nSPS) is 18.3. The van der Waals surface area contributed by atoms with E-state index in [-0.39, 0.29) is 23.4 Å². The second kappa shape index (κ2) is 9.38. The minimum absolute atomic E-state index is 0.0147. The number of hydrogen-bond acceptors (Lipinski definition) is 6. The lowest BCUT2D eigenvalue weighted by Gasteiger charge is -2.24. The molecule has 1 unspecified atom stereocenters. The second-order valence-electron chi connectivity index (χ2n) is 8.02. The summed E-state index contributed by atoms with van der Waals surface area (Å²) in [5.74, 6) is -0.323. The third kappa shape index (κ3) is 5.75. The number of pyridine rings is 1. The van der Waals surface area contributed by atoms with Crippen molar-refractivity contribution in [2.45, 2.75) is 45.4 Å². The zero-order valence-electron chi connectivity index (χ0n) is 17.7. The smallest absolute Gasteiger partial charge is 0.387 e. The van der Waals surface area contributed by atoms with E-state index in [1.807, 2.05) is 20.8 Å². The fourth-order valence-electron chi connectivity index (χ4n) is 3.29. The van der Waals surface area contributed by atoms with Gasteiger partial charge in [0.2, 0.25) is 0 Å². The van der Waals surface area contributed by atoms with Crippen molar-refractivity contribution in [1.82, 2.24) is 10.3 Å². The van der Waals surface area contributed by atoms with Gasteiger partial charge in [0.15, 0.2) is 0 Å². The zero-order chi connectivity index (χ0) is 22.6. The van der Waals surface area contributed by atoms with Crippen molar-refractivity contribution in [3.8, 4) is 5.75 Å². The molecule has 7 nitrogen and oxygen atoms in total. The maximum atomic E-state index is 12.8. The Morgan fingerprint density at radius 2 is 2.06 bits per heavy atom. The molecule has 1 aromatic carbocycles. The Bertz CT molecular complexity index is 960. The minimum atomic E-state index is -2.95. The molecule has 1 atom stereocenters.